The van der Waals surface area contributed by atoms with Crippen LogP contribution in [0.5, 0.6) is 5.75 Å². The van der Waals surface area contributed by atoms with Gasteiger partial charge in [-0.1, -0.05) is 25.7 Å². The van der Waals surface area contributed by atoms with E-state index in [0.29, 0.717) is 28.6 Å². The third-order valence-electron chi connectivity index (χ3n) is 5.85. The number of ether oxygens (including phenoxy) is 3. The zero-order valence-corrected chi connectivity index (χ0v) is 23.1. The van der Waals surface area contributed by atoms with Gasteiger partial charge in [0, 0.05) is 32.2 Å². The number of hydrogen-bond acceptors (Lipinski definition) is 7. The molecule has 0 spiro atoms. The minimum absolute atomic E-state index is 0.0733. The van der Waals surface area contributed by atoms with Crippen LogP contribution < -0.4 is 10.1 Å². The van der Waals surface area contributed by atoms with E-state index < -0.39 is 19.8 Å². The van der Waals surface area contributed by atoms with Crippen molar-refractivity contribution in [1.82, 2.24) is 15.1 Å². The van der Waals surface area contributed by atoms with E-state index in [-0.39, 0.29) is 35.9 Å². The molecule has 2 aromatic carbocycles. The molecular formula is C27H30FN5O4Si. The summed E-state index contributed by atoms with van der Waals surface area (Å²) in [6.45, 7) is 7.62. The first-order valence-corrected chi connectivity index (χ1v) is 15.6. The molecule has 1 heterocycles. The highest BCUT2D eigenvalue weighted by Gasteiger charge is 2.20. The van der Waals surface area contributed by atoms with Crippen LogP contribution in [0.15, 0.2) is 42.1 Å². The Balaban J connectivity index is 1.99. The van der Waals surface area contributed by atoms with Gasteiger partial charge in [-0.05, 0) is 35.9 Å². The fourth-order valence-electron chi connectivity index (χ4n) is 3.82. The second kappa shape index (κ2) is 12.4. The number of nitrogens with zero attached hydrogens (tertiary/aromatic N) is 4. The lowest BCUT2D eigenvalue weighted by atomic mass is 10.0. The Bertz CT molecular complexity index is 1430. The van der Waals surface area contributed by atoms with Gasteiger partial charge in [-0.2, -0.15) is 15.6 Å². The van der Waals surface area contributed by atoms with Gasteiger partial charge in [0.2, 0.25) is 0 Å². The number of nitrogens with one attached hydrogen (secondary N) is 1. The molecule has 198 valence electrons. The molecule has 0 unspecified atom stereocenters. The third kappa shape index (κ3) is 6.57. The molecule has 9 nitrogen and oxygen atoms in total. The van der Waals surface area contributed by atoms with Crippen molar-refractivity contribution in [2.75, 3.05) is 20.8 Å². The van der Waals surface area contributed by atoms with Crippen LogP contribution in [0, 0.1) is 28.5 Å². The third-order valence-corrected chi connectivity index (χ3v) is 7.55. The summed E-state index contributed by atoms with van der Waals surface area (Å²) in [5.41, 5.74) is 1.69. The average Bonchev–Trinajstić information content (AvgIpc) is 3.32. The molecule has 0 aliphatic rings. The number of nitriles is 2. The van der Waals surface area contributed by atoms with Gasteiger partial charge in [-0.15, -0.1) is 0 Å². The van der Waals surface area contributed by atoms with Crippen molar-refractivity contribution in [3.8, 4) is 17.9 Å². The minimum Gasteiger partial charge on any atom is -0.496 e. The fraction of sp³-hybridized carbons (Fsp3) is 0.333. The summed E-state index contributed by atoms with van der Waals surface area (Å²) in [6.07, 6.45) is 1.64. The van der Waals surface area contributed by atoms with E-state index in [1.165, 1.54) is 26.4 Å². The van der Waals surface area contributed by atoms with Gasteiger partial charge in [0.15, 0.2) is 11.3 Å². The molecule has 0 fully saturated rings. The van der Waals surface area contributed by atoms with Crippen LogP contribution >= 0.6 is 0 Å². The lowest BCUT2D eigenvalue weighted by molar-refractivity contribution is 0.0816. The number of rotatable bonds is 11. The molecule has 0 saturated heterocycles. The van der Waals surface area contributed by atoms with Gasteiger partial charge in [0.05, 0.1) is 31.5 Å². The first kappa shape index (κ1) is 28.4. The lowest BCUT2D eigenvalue weighted by Crippen LogP contribution is -2.23. The molecular weight excluding hydrogens is 505 g/mol. The normalized spacial score (nSPS) is 10.9. The molecule has 0 bridgehead atoms. The summed E-state index contributed by atoms with van der Waals surface area (Å²) in [6, 6.07) is 11.9. The Hall–Kier alpha value is -4.19. The van der Waals surface area contributed by atoms with Gasteiger partial charge in [-0.25, -0.2) is 9.07 Å². The minimum atomic E-state index is -1.29. The van der Waals surface area contributed by atoms with Crippen molar-refractivity contribution in [1.29, 1.82) is 10.5 Å². The molecule has 3 rings (SSSR count). The van der Waals surface area contributed by atoms with Crippen molar-refractivity contribution >= 4 is 30.6 Å². The molecule has 0 atom stereocenters. The van der Waals surface area contributed by atoms with Gasteiger partial charge in [0.1, 0.15) is 30.4 Å². The number of carbonyl (C=O) groups excluding carboxylic acids is 1. The number of hydrogen-bond donors (Lipinski definition) is 1. The summed E-state index contributed by atoms with van der Waals surface area (Å²) in [4.78, 5) is 12.8. The molecule has 1 aromatic heterocycles. The number of allylic oxidation sites excluding steroid dienone is 1. The van der Waals surface area contributed by atoms with E-state index in [2.05, 4.69) is 30.1 Å². The van der Waals surface area contributed by atoms with Crippen LogP contribution in [-0.2, 0) is 22.7 Å². The van der Waals surface area contributed by atoms with E-state index in [1.807, 2.05) is 12.1 Å². The summed E-state index contributed by atoms with van der Waals surface area (Å²) >= 11 is 0. The van der Waals surface area contributed by atoms with Crippen molar-refractivity contribution in [3.63, 3.8) is 0 Å². The van der Waals surface area contributed by atoms with Crippen LogP contribution in [-0.4, -0.2) is 44.6 Å². The Morgan fingerprint density at radius 2 is 1.87 bits per heavy atom. The second-order valence-corrected chi connectivity index (χ2v) is 15.3. The number of aromatic nitrogens is 2. The van der Waals surface area contributed by atoms with E-state index in [1.54, 1.807) is 23.0 Å². The SMILES string of the molecule is COC(=C(C#N)C#N)c1ccc(CNC(=O)c2cc(F)ccc2OC)c2cnn(COCC[Si](C)(C)C)c12. The number of halogens is 1. The maximum Gasteiger partial charge on any atom is 0.255 e. The highest BCUT2D eigenvalue weighted by atomic mass is 28.3. The maximum atomic E-state index is 13.8. The maximum absolute atomic E-state index is 13.8. The molecule has 0 saturated carbocycles. The Morgan fingerprint density at radius 1 is 1.13 bits per heavy atom. The quantitative estimate of drug-likeness (QED) is 0.161. The molecule has 1 N–H and O–H groups in total. The summed E-state index contributed by atoms with van der Waals surface area (Å²) in [5.74, 6) is -0.691. The van der Waals surface area contributed by atoms with Crippen molar-refractivity contribution in [2.45, 2.75) is 39.0 Å². The van der Waals surface area contributed by atoms with Gasteiger partial charge in [0.25, 0.3) is 5.91 Å². The molecule has 38 heavy (non-hydrogen) atoms. The van der Waals surface area contributed by atoms with Crippen molar-refractivity contribution in [3.05, 3.63) is 64.6 Å². The van der Waals surface area contributed by atoms with Crippen LogP contribution in [0.4, 0.5) is 4.39 Å². The van der Waals surface area contributed by atoms with E-state index in [4.69, 9.17) is 14.2 Å². The number of carbonyl (C=O) groups is 1. The van der Waals surface area contributed by atoms with Crippen LogP contribution in [0.3, 0.4) is 0 Å². The fourth-order valence-corrected chi connectivity index (χ4v) is 4.58. The number of benzene rings is 2. The average molecular weight is 536 g/mol. The topological polar surface area (TPSA) is 122 Å². The van der Waals surface area contributed by atoms with Crippen molar-refractivity contribution in [2.24, 2.45) is 0 Å². The predicted molar refractivity (Wildman–Crippen MR) is 143 cm³/mol. The van der Waals surface area contributed by atoms with Crippen LogP contribution in [0.1, 0.15) is 21.5 Å². The highest BCUT2D eigenvalue weighted by Crippen LogP contribution is 2.30. The predicted octanol–water partition coefficient (Wildman–Crippen LogP) is 4.83. The van der Waals surface area contributed by atoms with E-state index >= 15 is 0 Å². The van der Waals surface area contributed by atoms with E-state index in [9.17, 15) is 19.7 Å². The Labute approximate surface area is 222 Å². The smallest absolute Gasteiger partial charge is 0.255 e. The van der Waals surface area contributed by atoms with Crippen molar-refractivity contribution < 1.29 is 23.4 Å². The largest absolute Gasteiger partial charge is 0.496 e. The van der Waals surface area contributed by atoms with E-state index in [0.717, 1.165) is 12.1 Å². The number of fused-ring (bicyclic) bond motifs is 1. The summed E-state index contributed by atoms with van der Waals surface area (Å²) in [5, 5.41) is 26.9. The first-order chi connectivity index (χ1) is 18.1. The summed E-state index contributed by atoms with van der Waals surface area (Å²) < 4.78 is 32.0. The molecule has 0 radical (unpaired) electrons. The number of amides is 1. The molecule has 1 amide bonds. The summed E-state index contributed by atoms with van der Waals surface area (Å²) in [7, 11) is 1.51. The van der Waals surface area contributed by atoms with Crippen LogP contribution in [0.2, 0.25) is 25.7 Å². The molecule has 0 aliphatic carbocycles. The molecule has 3 aromatic rings. The standard InChI is InChI=1S/C27H30FN5O4Si/c1-35-24-9-7-20(28)12-22(24)27(34)31-15-18-6-8-21(26(36-2)19(13-29)14-30)25-23(18)16-32-33(25)17-37-10-11-38(3,4)5/h6-9,12,16H,10-11,15,17H2,1-5H3,(H,31,34). The Kier molecular flexibility index (Phi) is 9.24. The first-order valence-electron chi connectivity index (χ1n) is 11.9. The second-order valence-electron chi connectivity index (χ2n) is 9.69. The Morgan fingerprint density at radius 3 is 2.50 bits per heavy atom. The molecule has 0 aliphatic heterocycles. The zero-order chi connectivity index (χ0) is 27.9. The highest BCUT2D eigenvalue weighted by molar-refractivity contribution is 6.76. The number of methoxy groups -OCH3 is 2. The van der Waals surface area contributed by atoms with Crippen LogP contribution in [0.25, 0.3) is 16.7 Å². The zero-order valence-electron chi connectivity index (χ0n) is 22.1. The van der Waals surface area contributed by atoms with Gasteiger partial charge >= 0.3 is 0 Å². The van der Waals surface area contributed by atoms with Gasteiger partial charge in [-0.3, -0.25) is 4.79 Å². The monoisotopic (exact) mass is 535 g/mol. The lowest BCUT2D eigenvalue weighted by Gasteiger charge is -2.16. The van der Waals surface area contributed by atoms with Gasteiger partial charge < -0.3 is 19.5 Å². The molecule has 11 heteroatoms.